The number of nitrogens with zero attached hydrogens (tertiary/aromatic N) is 3. The third kappa shape index (κ3) is 2.57. The van der Waals surface area contributed by atoms with Crippen molar-refractivity contribution in [1.29, 1.82) is 0 Å². The van der Waals surface area contributed by atoms with Gasteiger partial charge in [0.25, 0.3) is 0 Å². The number of nitrogens with one attached hydrogen (secondary N) is 1. The summed E-state index contributed by atoms with van der Waals surface area (Å²) in [5, 5.41) is 2.64. The molecule has 1 aliphatic carbocycles. The van der Waals surface area contributed by atoms with Gasteiger partial charge in [-0.05, 0) is 33.4 Å². The Kier molecular flexibility index (Phi) is 4.13. The zero-order chi connectivity index (χ0) is 14.9. The maximum Gasteiger partial charge on any atom is 0.168 e. The van der Waals surface area contributed by atoms with E-state index in [1.165, 1.54) is 6.42 Å². The van der Waals surface area contributed by atoms with E-state index in [9.17, 15) is 8.78 Å². The van der Waals surface area contributed by atoms with Gasteiger partial charge in [0.1, 0.15) is 0 Å². The molecule has 0 unspecified atom stereocenters. The summed E-state index contributed by atoms with van der Waals surface area (Å²) < 4.78 is 27.4. The average Bonchev–Trinajstić information content (AvgIpc) is 2.33. The van der Waals surface area contributed by atoms with Gasteiger partial charge >= 0.3 is 0 Å². The van der Waals surface area contributed by atoms with Gasteiger partial charge in [-0.3, -0.25) is 0 Å². The third-order valence-corrected chi connectivity index (χ3v) is 4.27. The van der Waals surface area contributed by atoms with Crippen molar-refractivity contribution in [1.82, 2.24) is 9.88 Å². The second kappa shape index (κ2) is 5.52. The average molecular weight is 284 g/mol. The number of likely N-dealkylation sites (N-methyl/N-ethyl adjacent to an activating group) is 2. The molecule has 1 fully saturated rings. The van der Waals surface area contributed by atoms with Crippen LogP contribution in [0.3, 0.4) is 0 Å². The van der Waals surface area contributed by atoms with Crippen molar-refractivity contribution in [3.8, 4) is 0 Å². The number of rotatable bonds is 5. The van der Waals surface area contributed by atoms with Gasteiger partial charge in [-0.15, -0.1) is 0 Å². The molecule has 4 nitrogen and oxygen atoms in total. The molecule has 0 spiro atoms. The summed E-state index contributed by atoms with van der Waals surface area (Å²) in [5.74, 6) is -1.05. The Labute approximate surface area is 118 Å². The molecule has 6 heteroatoms. The molecule has 0 atom stereocenters. The highest BCUT2D eigenvalue weighted by Crippen LogP contribution is 2.37. The lowest BCUT2D eigenvalue weighted by molar-refractivity contribution is 0.0680. The number of pyridine rings is 1. The maximum absolute atomic E-state index is 13.9. The largest absolute Gasteiger partial charge is 0.371 e. The fraction of sp³-hybridized carbons (Fsp3) is 0.643. The molecule has 0 amide bonds. The van der Waals surface area contributed by atoms with Crippen LogP contribution < -0.4 is 10.2 Å². The molecule has 1 heterocycles. The van der Waals surface area contributed by atoms with Crippen LogP contribution in [-0.4, -0.2) is 50.2 Å². The predicted molar refractivity (Wildman–Crippen MR) is 77.2 cm³/mol. The Bertz CT molecular complexity index is 486. The monoisotopic (exact) mass is 284 g/mol. The van der Waals surface area contributed by atoms with Crippen molar-refractivity contribution in [2.75, 3.05) is 45.0 Å². The number of hydrogen-bond acceptors (Lipinski definition) is 4. The first-order valence-corrected chi connectivity index (χ1v) is 6.82. The van der Waals surface area contributed by atoms with Crippen LogP contribution in [0, 0.1) is 11.6 Å². The Balaban J connectivity index is 2.23. The smallest absolute Gasteiger partial charge is 0.168 e. The first kappa shape index (κ1) is 15.0. The van der Waals surface area contributed by atoms with Gasteiger partial charge in [-0.1, -0.05) is 0 Å². The molecular weight excluding hydrogens is 262 g/mol. The molecule has 0 saturated heterocycles. The van der Waals surface area contributed by atoms with E-state index in [-0.39, 0.29) is 17.2 Å². The summed E-state index contributed by atoms with van der Waals surface area (Å²) in [7, 11) is 7.45. The van der Waals surface area contributed by atoms with E-state index < -0.39 is 11.6 Å². The van der Waals surface area contributed by atoms with Gasteiger partial charge in [0.05, 0.1) is 0 Å². The lowest BCUT2D eigenvalue weighted by atomic mass is 9.75. The summed E-state index contributed by atoms with van der Waals surface area (Å²) in [5.41, 5.74) is 0.0665. The van der Waals surface area contributed by atoms with E-state index in [1.807, 2.05) is 14.1 Å². The molecule has 0 aliphatic heterocycles. The zero-order valence-corrected chi connectivity index (χ0v) is 12.5. The van der Waals surface area contributed by atoms with Crippen molar-refractivity contribution in [3.05, 3.63) is 17.7 Å². The molecule has 0 aromatic carbocycles. The minimum absolute atomic E-state index is 0.0665. The van der Waals surface area contributed by atoms with Gasteiger partial charge in [0, 0.05) is 32.2 Å². The van der Waals surface area contributed by atoms with E-state index in [1.54, 1.807) is 19.0 Å². The van der Waals surface area contributed by atoms with Crippen LogP contribution in [0.4, 0.5) is 20.4 Å². The van der Waals surface area contributed by atoms with Crippen LogP contribution in [0.15, 0.2) is 6.07 Å². The fourth-order valence-corrected chi connectivity index (χ4v) is 2.75. The zero-order valence-electron chi connectivity index (χ0n) is 12.5. The van der Waals surface area contributed by atoms with Crippen LogP contribution in [-0.2, 0) is 0 Å². The van der Waals surface area contributed by atoms with Crippen molar-refractivity contribution < 1.29 is 8.78 Å². The second-order valence-corrected chi connectivity index (χ2v) is 5.70. The first-order chi connectivity index (χ1) is 9.39. The fourth-order valence-electron chi connectivity index (χ4n) is 2.75. The minimum atomic E-state index is -0.673. The van der Waals surface area contributed by atoms with Gasteiger partial charge in [-0.25, -0.2) is 13.8 Å². The standard InChI is InChI=1S/C14H22F2N4/c1-17-12-10(15)8-11(16)13(18-12)20(4)9-14(19(2)3)6-5-7-14/h8H,5-7,9H2,1-4H3,(H,17,18). The summed E-state index contributed by atoms with van der Waals surface area (Å²) in [6, 6.07) is 0.883. The minimum Gasteiger partial charge on any atom is -0.371 e. The molecule has 2 rings (SSSR count). The van der Waals surface area contributed by atoms with E-state index in [0.29, 0.717) is 6.54 Å². The Morgan fingerprint density at radius 2 is 1.90 bits per heavy atom. The lowest BCUT2D eigenvalue weighted by Crippen LogP contribution is -2.57. The normalized spacial score (nSPS) is 16.9. The van der Waals surface area contributed by atoms with Crippen molar-refractivity contribution >= 4 is 11.6 Å². The highest BCUT2D eigenvalue weighted by Gasteiger charge is 2.40. The maximum atomic E-state index is 13.9. The molecule has 20 heavy (non-hydrogen) atoms. The molecule has 1 aromatic heterocycles. The number of hydrogen-bond donors (Lipinski definition) is 1. The molecular formula is C14H22F2N4. The second-order valence-electron chi connectivity index (χ2n) is 5.70. The highest BCUT2D eigenvalue weighted by atomic mass is 19.1. The SMILES string of the molecule is CNc1nc(N(C)CC2(N(C)C)CCC2)c(F)cc1F. The Morgan fingerprint density at radius 3 is 2.35 bits per heavy atom. The highest BCUT2D eigenvalue weighted by molar-refractivity contribution is 5.49. The van der Waals surface area contributed by atoms with Crippen LogP contribution in [0.2, 0.25) is 0 Å². The number of anilines is 2. The summed E-state index contributed by atoms with van der Waals surface area (Å²) in [4.78, 5) is 8.00. The van der Waals surface area contributed by atoms with Gasteiger partial charge in [0.15, 0.2) is 23.3 Å². The predicted octanol–water partition coefficient (Wildman–Crippen LogP) is 2.32. The Hall–Kier alpha value is -1.43. The topological polar surface area (TPSA) is 31.4 Å². The van der Waals surface area contributed by atoms with Gasteiger partial charge in [-0.2, -0.15) is 0 Å². The lowest BCUT2D eigenvalue weighted by Gasteiger charge is -2.49. The molecule has 1 aromatic rings. The van der Waals surface area contributed by atoms with Crippen LogP contribution in [0.5, 0.6) is 0 Å². The Morgan fingerprint density at radius 1 is 1.25 bits per heavy atom. The summed E-state index contributed by atoms with van der Waals surface area (Å²) in [6.07, 6.45) is 3.37. The van der Waals surface area contributed by atoms with Crippen LogP contribution >= 0.6 is 0 Å². The summed E-state index contributed by atoms with van der Waals surface area (Å²) in [6.45, 7) is 0.679. The van der Waals surface area contributed by atoms with Crippen molar-refractivity contribution in [3.63, 3.8) is 0 Å². The number of halogens is 2. The van der Waals surface area contributed by atoms with E-state index in [2.05, 4.69) is 15.2 Å². The molecule has 0 bridgehead atoms. The first-order valence-electron chi connectivity index (χ1n) is 6.82. The number of aromatic nitrogens is 1. The molecule has 1 N–H and O–H groups in total. The summed E-state index contributed by atoms with van der Waals surface area (Å²) >= 11 is 0. The molecule has 0 radical (unpaired) electrons. The van der Waals surface area contributed by atoms with Crippen molar-refractivity contribution in [2.24, 2.45) is 0 Å². The van der Waals surface area contributed by atoms with Crippen LogP contribution in [0.25, 0.3) is 0 Å². The quantitative estimate of drug-likeness (QED) is 0.899. The van der Waals surface area contributed by atoms with E-state index in [4.69, 9.17) is 0 Å². The molecule has 112 valence electrons. The van der Waals surface area contributed by atoms with Crippen LogP contribution in [0.1, 0.15) is 19.3 Å². The van der Waals surface area contributed by atoms with Crippen molar-refractivity contribution in [2.45, 2.75) is 24.8 Å². The van der Waals surface area contributed by atoms with E-state index >= 15 is 0 Å². The third-order valence-electron chi connectivity index (χ3n) is 4.27. The molecule has 1 aliphatic rings. The van der Waals surface area contributed by atoms with E-state index in [0.717, 1.165) is 18.9 Å². The van der Waals surface area contributed by atoms with Gasteiger partial charge < -0.3 is 15.1 Å². The van der Waals surface area contributed by atoms with Gasteiger partial charge in [0.2, 0.25) is 0 Å². The molecule has 1 saturated carbocycles.